The number of rotatable bonds is 6. The Balaban J connectivity index is 1.98. The van der Waals surface area contributed by atoms with Crippen LogP contribution < -0.4 is 5.32 Å². The average molecular weight is 336 g/mol. The van der Waals surface area contributed by atoms with Gasteiger partial charge in [0.2, 0.25) is 0 Å². The van der Waals surface area contributed by atoms with Crippen LogP contribution in [0.3, 0.4) is 0 Å². The monoisotopic (exact) mass is 335 g/mol. The Bertz CT molecular complexity index is 572. The van der Waals surface area contributed by atoms with Crippen LogP contribution in [0.1, 0.15) is 16.7 Å². The van der Waals surface area contributed by atoms with Crippen molar-refractivity contribution in [2.45, 2.75) is 19.7 Å². The number of ether oxygens (including phenoxy) is 1. The van der Waals surface area contributed by atoms with Gasteiger partial charge in [-0.25, -0.2) is 0 Å². The molecule has 0 saturated carbocycles. The first kappa shape index (κ1) is 15.0. The van der Waals surface area contributed by atoms with Crippen molar-refractivity contribution in [1.29, 1.82) is 0 Å². The third-order valence-electron chi connectivity index (χ3n) is 3.12. The summed E-state index contributed by atoms with van der Waals surface area (Å²) in [4.78, 5) is 0. The fourth-order valence-corrected chi connectivity index (χ4v) is 2.47. The molecule has 3 nitrogen and oxygen atoms in total. The normalized spacial score (nSPS) is 10.7. The van der Waals surface area contributed by atoms with Crippen molar-refractivity contribution >= 4 is 15.9 Å². The molecule has 0 atom stereocenters. The third kappa shape index (κ3) is 3.82. The SMILES string of the molecule is COCc1ccccc1CNCc1cccc(Br)c1O. The van der Waals surface area contributed by atoms with E-state index < -0.39 is 0 Å². The van der Waals surface area contributed by atoms with Gasteiger partial charge in [-0.3, -0.25) is 0 Å². The van der Waals surface area contributed by atoms with Crippen molar-refractivity contribution in [2.24, 2.45) is 0 Å². The lowest BCUT2D eigenvalue weighted by molar-refractivity contribution is 0.184. The van der Waals surface area contributed by atoms with Crippen LogP contribution in [-0.4, -0.2) is 12.2 Å². The van der Waals surface area contributed by atoms with Gasteiger partial charge >= 0.3 is 0 Å². The first-order valence-electron chi connectivity index (χ1n) is 6.45. The maximum absolute atomic E-state index is 9.93. The molecule has 20 heavy (non-hydrogen) atoms. The van der Waals surface area contributed by atoms with Gasteiger partial charge in [0.05, 0.1) is 11.1 Å². The number of benzene rings is 2. The lowest BCUT2D eigenvalue weighted by Gasteiger charge is -2.11. The number of hydrogen-bond acceptors (Lipinski definition) is 3. The summed E-state index contributed by atoms with van der Waals surface area (Å²) in [5.41, 5.74) is 3.27. The molecule has 106 valence electrons. The molecule has 2 rings (SSSR count). The minimum absolute atomic E-state index is 0.296. The molecule has 0 unspecified atom stereocenters. The second-order valence-electron chi connectivity index (χ2n) is 4.55. The molecule has 0 aliphatic heterocycles. The highest BCUT2D eigenvalue weighted by molar-refractivity contribution is 9.10. The van der Waals surface area contributed by atoms with Gasteiger partial charge in [-0.1, -0.05) is 36.4 Å². The molecule has 0 amide bonds. The Morgan fingerprint density at radius 3 is 2.40 bits per heavy atom. The Labute approximate surface area is 127 Å². The van der Waals surface area contributed by atoms with Gasteiger partial charge in [0.1, 0.15) is 5.75 Å². The maximum atomic E-state index is 9.93. The van der Waals surface area contributed by atoms with E-state index in [-0.39, 0.29) is 0 Å². The van der Waals surface area contributed by atoms with E-state index in [4.69, 9.17) is 4.74 Å². The molecule has 0 aliphatic carbocycles. The van der Waals surface area contributed by atoms with Gasteiger partial charge in [-0.15, -0.1) is 0 Å². The fourth-order valence-electron chi connectivity index (χ4n) is 2.06. The molecule has 0 bridgehead atoms. The number of phenolic OH excluding ortho intramolecular Hbond substituents is 1. The molecule has 2 N–H and O–H groups in total. The summed E-state index contributed by atoms with van der Waals surface area (Å²) in [6, 6.07) is 13.8. The van der Waals surface area contributed by atoms with E-state index in [1.165, 1.54) is 11.1 Å². The largest absolute Gasteiger partial charge is 0.506 e. The van der Waals surface area contributed by atoms with E-state index in [2.05, 4.69) is 33.4 Å². The average Bonchev–Trinajstić information content (AvgIpc) is 2.45. The Hall–Kier alpha value is -1.36. The highest BCUT2D eigenvalue weighted by Gasteiger charge is 2.05. The number of hydrogen-bond donors (Lipinski definition) is 2. The van der Waals surface area contributed by atoms with Crippen LogP contribution in [-0.2, 0) is 24.4 Å². The van der Waals surface area contributed by atoms with Crippen molar-refractivity contribution in [3.05, 3.63) is 63.6 Å². The number of para-hydroxylation sites is 1. The summed E-state index contributed by atoms with van der Waals surface area (Å²) in [5, 5.41) is 13.3. The van der Waals surface area contributed by atoms with Gasteiger partial charge in [0, 0.05) is 25.8 Å². The Morgan fingerprint density at radius 1 is 1.00 bits per heavy atom. The number of aromatic hydroxyl groups is 1. The van der Waals surface area contributed by atoms with Crippen molar-refractivity contribution in [2.75, 3.05) is 7.11 Å². The van der Waals surface area contributed by atoms with E-state index in [9.17, 15) is 5.11 Å². The molecule has 0 saturated heterocycles. The van der Waals surface area contributed by atoms with Crippen LogP contribution in [0.2, 0.25) is 0 Å². The van der Waals surface area contributed by atoms with Crippen molar-refractivity contribution in [3.8, 4) is 5.75 Å². The number of methoxy groups -OCH3 is 1. The molecule has 0 radical (unpaired) electrons. The maximum Gasteiger partial charge on any atom is 0.134 e. The molecule has 0 aromatic heterocycles. The van der Waals surface area contributed by atoms with E-state index >= 15 is 0 Å². The van der Waals surface area contributed by atoms with Gasteiger partial charge in [0.25, 0.3) is 0 Å². The van der Waals surface area contributed by atoms with Crippen LogP contribution in [0.15, 0.2) is 46.9 Å². The highest BCUT2D eigenvalue weighted by atomic mass is 79.9. The smallest absolute Gasteiger partial charge is 0.134 e. The predicted molar refractivity (Wildman–Crippen MR) is 83.5 cm³/mol. The molecule has 0 heterocycles. The van der Waals surface area contributed by atoms with E-state index in [0.29, 0.717) is 18.9 Å². The van der Waals surface area contributed by atoms with Crippen LogP contribution in [0.5, 0.6) is 5.75 Å². The van der Waals surface area contributed by atoms with Gasteiger partial charge in [0.15, 0.2) is 0 Å². The van der Waals surface area contributed by atoms with Crippen LogP contribution in [0.25, 0.3) is 0 Å². The first-order valence-corrected chi connectivity index (χ1v) is 7.24. The highest BCUT2D eigenvalue weighted by Crippen LogP contribution is 2.27. The van der Waals surface area contributed by atoms with E-state index in [0.717, 1.165) is 16.6 Å². The van der Waals surface area contributed by atoms with Crippen molar-refractivity contribution < 1.29 is 9.84 Å². The standard InChI is InChI=1S/C16H18BrNO2/c1-20-11-14-6-3-2-5-12(14)9-18-10-13-7-4-8-15(17)16(13)19/h2-8,18-19H,9-11H2,1H3. The zero-order valence-corrected chi connectivity index (χ0v) is 13.0. The Kier molecular flexibility index (Phi) is 5.59. The van der Waals surface area contributed by atoms with Crippen molar-refractivity contribution in [3.63, 3.8) is 0 Å². The van der Waals surface area contributed by atoms with Crippen molar-refractivity contribution in [1.82, 2.24) is 5.32 Å². The summed E-state index contributed by atoms with van der Waals surface area (Å²) in [7, 11) is 1.70. The minimum atomic E-state index is 0.296. The zero-order valence-electron chi connectivity index (χ0n) is 11.4. The van der Waals surface area contributed by atoms with Crippen LogP contribution >= 0.6 is 15.9 Å². The molecule has 0 spiro atoms. The predicted octanol–water partition coefficient (Wildman–Crippen LogP) is 3.59. The van der Waals surface area contributed by atoms with Gasteiger partial charge in [-0.05, 0) is 33.1 Å². The quantitative estimate of drug-likeness (QED) is 0.847. The lowest BCUT2D eigenvalue weighted by atomic mass is 10.1. The molecule has 0 aliphatic rings. The molecular formula is C16H18BrNO2. The van der Waals surface area contributed by atoms with E-state index in [1.54, 1.807) is 7.11 Å². The molecule has 2 aromatic rings. The molecule has 4 heteroatoms. The summed E-state index contributed by atoms with van der Waals surface area (Å²) >= 11 is 3.32. The van der Waals surface area contributed by atoms with Gasteiger partial charge in [-0.2, -0.15) is 0 Å². The first-order chi connectivity index (χ1) is 9.72. The minimum Gasteiger partial charge on any atom is -0.506 e. The lowest BCUT2D eigenvalue weighted by Crippen LogP contribution is -2.14. The topological polar surface area (TPSA) is 41.5 Å². The third-order valence-corrected chi connectivity index (χ3v) is 3.76. The van der Waals surface area contributed by atoms with E-state index in [1.807, 2.05) is 30.3 Å². The summed E-state index contributed by atoms with van der Waals surface area (Å²) in [6.07, 6.45) is 0. The molecule has 0 fully saturated rings. The second kappa shape index (κ2) is 7.43. The summed E-state index contributed by atoms with van der Waals surface area (Å²) in [5.74, 6) is 0.296. The molecular weight excluding hydrogens is 318 g/mol. The second-order valence-corrected chi connectivity index (χ2v) is 5.41. The number of halogens is 1. The number of phenols is 1. The fraction of sp³-hybridized carbons (Fsp3) is 0.250. The zero-order chi connectivity index (χ0) is 14.4. The van der Waals surface area contributed by atoms with Crippen LogP contribution in [0.4, 0.5) is 0 Å². The summed E-state index contributed by atoms with van der Waals surface area (Å²) in [6.45, 7) is 1.97. The molecule has 2 aromatic carbocycles. The Morgan fingerprint density at radius 2 is 1.65 bits per heavy atom. The van der Waals surface area contributed by atoms with Crippen LogP contribution in [0, 0.1) is 0 Å². The summed E-state index contributed by atoms with van der Waals surface area (Å²) < 4.78 is 5.91. The van der Waals surface area contributed by atoms with Gasteiger partial charge < -0.3 is 15.2 Å². The number of nitrogens with one attached hydrogen (secondary N) is 1.